The number of hydrogen-bond donors (Lipinski definition) is 1. The average Bonchev–Trinajstić information content (AvgIpc) is 2.80. The predicted octanol–water partition coefficient (Wildman–Crippen LogP) is 5.03. The van der Waals surface area contributed by atoms with Gasteiger partial charge in [-0.1, -0.05) is 18.2 Å². The normalized spacial score (nSPS) is 13.4. The molecule has 0 spiro atoms. The first-order valence-electron chi connectivity index (χ1n) is 5.99. The van der Waals surface area contributed by atoms with Crippen molar-refractivity contribution in [2.45, 2.75) is 18.6 Å². The molecule has 2 rings (SSSR count). The fourth-order valence-electron chi connectivity index (χ4n) is 2.09. The number of nitrogens with one attached hydrogen (secondary N) is 1. The summed E-state index contributed by atoms with van der Waals surface area (Å²) in [4.78, 5) is 1.04. The Labute approximate surface area is 128 Å². The predicted molar refractivity (Wildman–Crippen MR) is 79.0 cm³/mol. The molecule has 0 radical (unpaired) electrons. The molecule has 0 saturated carbocycles. The third-order valence-electron chi connectivity index (χ3n) is 3.02. The van der Waals surface area contributed by atoms with E-state index in [1.807, 2.05) is 12.1 Å². The molecule has 1 unspecified atom stereocenters. The molecule has 20 heavy (non-hydrogen) atoms. The summed E-state index contributed by atoms with van der Waals surface area (Å²) in [5, 5.41) is 2.98. The number of alkyl halides is 3. The Morgan fingerprint density at radius 3 is 2.45 bits per heavy atom. The van der Waals surface area contributed by atoms with E-state index in [1.165, 1.54) is 23.5 Å². The number of hydrogen-bond acceptors (Lipinski definition) is 2. The SMILES string of the molecule is CNC(Cc1ccc(Br)s1)c1ccccc1C(F)(F)F. The fraction of sp³-hybridized carbons (Fsp3) is 0.286. The molecule has 0 amide bonds. The van der Waals surface area contributed by atoms with Gasteiger partial charge in [0.05, 0.1) is 9.35 Å². The van der Waals surface area contributed by atoms with Crippen molar-refractivity contribution >= 4 is 27.3 Å². The molecule has 2 aromatic rings. The summed E-state index contributed by atoms with van der Waals surface area (Å²) < 4.78 is 40.1. The Kier molecular flexibility index (Phi) is 4.88. The Balaban J connectivity index is 2.32. The van der Waals surface area contributed by atoms with Gasteiger partial charge in [0, 0.05) is 17.3 Å². The van der Waals surface area contributed by atoms with Crippen molar-refractivity contribution in [3.63, 3.8) is 0 Å². The van der Waals surface area contributed by atoms with E-state index >= 15 is 0 Å². The lowest BCUT2D eigenvalue weighted by molar-refractivity contribution is -0.138. The molecule has 1 N–H and O–H groups in total. The maximum atomic E-state index is 13.1. The standard InChI is InChI=1S/C14H13BrF3NS/c1-19-12(8-9-6-7-13(15)20-9)10-4-2-3-5-11(10)14(16,17)18/h2-7,12,19H,8H2,1H3. The van der Waals surface area contributed by atoms with Gasteiger partial charge < -0.3 is 5.32 Å². The third kappa shape index (κ3) is 3.62. The number of halogens is 4. The summed E-state index contributed by atoms with van der Waals surface area (Å²) >= 11 is 4.90. The second-order valence-electron chi connectivity index (χ2n) is 4.34. The molecule has 0 aliphatic rings. The van der Waals surface area contributed by atoms with E-state index < -0.39 is 11.7 Å². The highest BCUT2D eigenvalue weighted by molar-refractivity contribution is 9.11. The van der Waals surface area contributed by atoms with Gasteiger partial charge in [-0.3, -0.25) is 0 Å². The summed E-state index contributed by atoms with van der Waals surface area (Å²) in [6.07, 6.45) is -3.80. The van der Waals surface area contributed by atoms with Crippen molar-refractivity contribution in [1.29, 1.82) is 0 Å². The molecule has 6 heteroatoms. The molecule has 0 aliphatic carbocycles. The van der Waals surface area contributed by atoms with Gasteiger partial charge in [0.25, 0.3) is 0 Å². The van der Waals surface area contributed by atoms with Crippen LogP contribution in [0.15, 0.2) is 40.2 Å². The zero-order chi connectivity index (χ0) is 14.8. The lowest BCUT2D eigenvalue weighted by Crippen LogP contribution is -2.22. The van der Waals surface area contributed by atoms with Gasteiger partial charge in [-0.2, -0.15) is 13.2 Å². The Morgan fingerprint density at radius 2 is 1.90 bits per heavy atom. The highest BCUT2D eigenvalue weighted by atomic mass is 79.9. The molecule has 1 nitrogen and oxygen atoms in total. The molecule has 1 heterocycles. The van der Waals surface area contributed by atoms with Crippen LogP contribution >= 0.6 is 27.3 Å². The number of rotatable bonds is 4. The summed E-state index contributed by atoms with van der Waals surface area (Å²) in [5.41, 5.74) is -0.290. The maximum absolute atomic E-state index is 13.1. The molecular weight excluding hydrogens is 351 g/mol. The first kappa shape index (κ1) is 15.5. The van der Waals surface area contributed by atoms with Gasteiger partial charge in [-0.25, -0.2) is 0 Å². The topological polar surface area (TPSA) is 12.0 Å². The van der Waals surface area contributed by atoms with Crippen molar-refractivity contribution in [2.24, 2.45) is 0 Å². The smallest absolute Gasteiger partial charge is 0.313 e. The van der Waals surface area contributed by atoms with Gasteiger partial charge in [0.1, 0.15) is 0 Å². The largest absolute Gasteiger partial charge is 0.416 e. The molecule has 0 aliphatic heterocycles. The van der Waals surface area contributed by atoms with Crippen molar-refractivity contribution in [2.75, 3.05) is 7.05 Å². The zero-order valence-corrected chi connectivity index (χ0v) is 13.1. The van der Waals surface area contributed by atoms with Crippen LogP contribution in [0.1, 0.15) is 22.0 Å². The van der Waals surface area contributed by atoms with Crippen LogP contribution in [0.5, 0.6) is 0 Å². The fourth-order valence-corrected chi connectivity index (χ4v) is 3.62. The third-order valence-corrected chi connectivity index (χ3v) is 4.67. The highest BCUT2D eigenvalue weighted by Crippen LogP contribution is 2.36. The van der Waals surface area contributed by atoms with Crippen LogP contribution in [-0.4, -0.2) is 7.05 Å². The summed E-state index contributed by atoms with van der Waals surface area (Å²) in [5.74, 6) is 0. The van der Waals surface area contributed by atoms with Crippen LogP contribution < -0.4 is 5.32 Å². The number of thiophene rings is 1. The summed E-state index contributed by atoms with van der Waals surface area (Å²) in [7, 11) is 1.68. The van der Waals surface area contributed by atoms with E-state index in [0.29, 0.717) is 6.42 Å². The summed E-state index contributed by atoms with van der Waals surface area (Å²) in [6.45, 7) is 0. The number of benzene rings is 1. The van der Waals surface area contributed by atoms with Gasteiger partial charge >= 0.3 is 6.18 Å². The van der Waals surface area contributed by atoms with Crippen LogP contribution in [-0.2, 0) is 12.6 Å². The summed E-state index contributed by atoms with van der Waals surface area (Å²) in [6, 6.07) is 9.19. The lowest BCUT2D eigenvalue weighted by atomic mass is 9.97. The first-order valence-corrected chi connectivity index (χ1v) is 7.60. The molecule has 1 aromatic heterocycles. The second kappa shape index (κ2) is 6.28. The lowest BCUT2D eigenvalue weighted by Gasteiger charge is -2.20. The minimum Gasteiger partial charge on any atom is -0.313 e. The first-order chi connectivity index (χ1) is 9.41. The minimum atomic E-state index is -4.33. The molecule has 0 fully saturated rings. The second-order valence-corrected chi connectivity index (χ2v) is 6.88. The van der Waals surface area contributed by atoms with Crippen molar-refractivity contribution in [3.8, 4) is 0 Å². The Bertz CT molecular complexity index is 580. The van der Waals surface area contributed by atoms with Crippen molar-refractivity contribution in [3.05, 3.63) is 56.2 Å². The minimum absolute atomic E-state index is 0.284. The molecule has 0 bridgehead atoms. The molecule has 1 aromatic carbocycles. The van der Waals surface area contributed by atoms with Crippen LogP contribution in [0.4, 0.5) is 13.2 Å². The van der Waals surface area contributed by atoms with Gasteiger partial charge in [0.2, 0.25) is 0 Å². The van der Waals surface area contributed by atoms with Crippen LogP contribution in [0.25, 0.3) is 0 Å². The highest BCUT2D eigenvalue weighted by Gasteiger charge is 2.34. The van der Waals surface area contributed by atoms with E-state index in [0.717, 1.165) is 14.7 Å². The van der Waals surface area contributed by atoms with Gasteiger partial charge in [-0.05, 0) is 46.7 Å². The quantitative estimate of drug-likeness (QED) is 0.802. The van der Waals surface area contributed by atoms with E-state index in [1.54, 1.807) is 13.1 Å². The molecule has 108 valence electrons. The van der Waals surface area contributed by atoms with E-state index in [-0.39, 0.29) is 11.6 Å². The zero-order valence-electron chi connectivity index (χ0n) is 10.7. The van der Waals surface area contributed by atoms with Gasteiger partial charge in [0.15, 0.2) is 0 Å². The van der Waals surface area contributed by atoms with Crippen LogP contribution in [0.2, 0.25) is 0 Å². The maximum Gasteiger partial charge on any atom is 0.416 e. The Hall–Kier alpha value is -0.850. The Morgan fingerprint density at radius 1 is 1.20 bits per heavy atom. The van der Waals surface area contributed by atoms with Crippen molar-refractivity contribution < 1.29 is 13.2 Å². The van der Waals surface area contributed by atoms with E-state index in [9.17, 15) is 13.2 Å². The van der Waals surface area contributed by atoms with Crippen LogP contribution in [0.3, 0.4) is 0 Å². The van der Waals surface area contributed by atoms with E-state index in [4.69, 9.17) is 0 Å². The van der Waals surface area contributed by atoms with Crippen molar-refractivity contribution in [1.82, 2.24) is 5.32 Å². The number of likely N-dealkylation sites (N-methyl/N-ethyl adjacent to an activating group) is 1. The average molecular weight is 364 g/mol. The molecule has 0 saturated heterocycles. The molecular formula is C14H13BrF3NS. The van der Waals surface area contributed by atoms with Crippen LogP contribution in [0, 0.1) is 0 Å². The van der Waals surface area contributed by atoms with Gasteiger partial charge in [-0.15, -0.1) is 11.3 Å². The molecule has 1 atom stereocenters. The van der Waals surface area contributed by atoms with E-state index in [2.05, 4.69) is 21.2 Å². The monoisotopic (exact) mass is 363 g/mol.